The Balaban J connectivity index is 1.51. The van der Waals surface area contributed by atoms with Crippen molar-refractivity contribution < 1.29 is 14.2 Å². The van der Waals surface area contributed by atoms with Gasteiger partial charge in [-0.25, -0.2) is 4.68 Å². The van der Waals surface area contributed by atoms with Crippen LogP contribution in [0.25, 0.3) is 17.1 Å². The van der Waals surface area contributed by atoms with Crippen LogP contribution in [0.2, 0.25) is 0 Å². The van der Waals surface area contributed by atoms with Crippen LogP contribution in [0.4, 0.5) is 5.69 Å². The average molecular weight is 433 g/mol. The van der Waals surface area contributed by atoms with E-state index in [0.29, 0.717) is 11.5 Å². The highest BCUT2D eigenvalue weighted by molar-refractivity contribution is 5.92. The highest BCUT2D eigenvalue weighted by Gasteiger charge is 2.26. The van der Waals surface area contributed by atoms with Gasteiger partial charge in [0, 0.05) is 36.3 Å². The molecule has 0 aliphatic rings. The van der Waals surface area contributed by atoms with Crippen molar-refractivity contribution in [3.8, 4) is 17.1 Å². The number of nitrogens with zero attached hydrogens (tertiary/aromatic N) is 6. The molecule has 32 heavy (non-hydrogen) atoms. The molecule has 0 radical (unpaired) electrons. The summed E-state index contributed by atoms with van der Waals surface area (Å²) in [7, 11) is 0. The Morgan fingerprint density at radius 3 is 2.50 bits per heavy atom. The monoisotopic (exact) mass is 433 g/mol. The van der Waals surface area contributed by atoms with E-state index in [1.165, 1.54) is 16.8 Å². The Bertz CT molecular complexity index is 1230. The summed E-state index contributed by atoms with van der Waals surface area (Å²) in [5.74, 6) is 0.259. The number of nitrogens with one attached hydrogen (secondary N) is 1. The third kappa shape index (κ3) is 4.36. The molecule has 0 aliphatic carbocycles. The van der Waals surface area contributed by atoms with E-state index in [0.717, 1.165) is 5.56 Å². The van der Waals surface area contributed by atoms with E-state index in [4.69, 9.17) is 4.52 Å². The minimum absolute atomic E-state index is 0.0238. The van der Waals surface area contributed by atoms with Crippen LogP contribution in [-0.2, 0) is 0 Å². The Morgan fingerprint density at radius 2 is 1.84 bits per heavy atom. The minimum Gasteiger partial charge on any atom is -0.339 e. The van der Waals surface area contributed by atoms with Crippen LogP contribution in [0.15, 0.2) is 65.6 Å². The lowest BCUT2D eigenvalue weighted by atomic mass is 10.0. The van der Waals surface area contributed by atoms with E-state index in [2.05, 4.69) is 25.5 Å². The Labute approximate surface area is 182 Å². The number of benzene rings is 1. The van der Waals surface area contributed by atoms with E-state index in [1.54, 1.807) is 48.9 Å². The zero-order chi connectivity index (χ0) is 22.7. The van der Waals surface area contributed by atoms with Gasteiger partial charge in [0.25, 0.3) is 11.6 Å². The second-order valence-corrected chi connectivity index (χ2v) is 7.31. The number of aromatic nitrogens is 5. The van der Waals surface area contributed by atoms with Gasteiger partial charge in [-0.15, -0.1) is 0 Å². The summed E-state index contributed by atoms with van der Waals surface area (Å²) in [6.07, 6.45) is 4.87. The van der Waals surface area contributed by atoms with E-state index in [9.17, 15) is 14.9 Å². The predicted octanol–water partition coefficient (Wildman–Crippen LogP) is 3.35. The zero-order valence-electron chi connectivity index (χ0n) is 17.2. The summed E-state index contributed by atoms with van der Waals surface area (Å²) < 4.78 is 6.88. The third-order valence-corrected chi connectivity index (χ3v) is 4.75. The molecular weight excluding hydrogens is 414 g/mol. The lowest BCUT2D eigenvalue weighted by Gasteiger charge is -2.17. The molecule has 4 rings (SSSR count). The maximum Gasteiger partial charge on any atom is 0.272 e. The molecule has 0 spiro atoms. The van der Waals surface area contributed by atoms with Crippen molar-refractivity contribution in [1.29, 1.82) is 0 Å². The molecule has 0 bridgehead atoms. The summed E-state index contributed by atoms with van der Waals surface area (Å²) in [5.41, 5.74) is 1.51. The number of amides is 1. The van der Waals surface area contributed by atoms with E-state index < -0.39 is 16.9 Å². The van der Waals surface area contributed by atoms with Gasteiger partial charge in [0.05, 0.1) is 10.6 Å². The number of pyridine rings is 1. The molecule has 1 aromatic carbocycles. The van der Waals surface area contributed by atoms with E-state index in [1.807, 2.05) is 13.8 Å². The smallest absolute Gasteiger partial charge is 0.272 e. The number of nitro groups is 1. The Hall–Kier alpha value is -4.41. The van der Waals surface area contributed by atoms with Crippen LogP contribution >= 0.6 is 0 Å². The van der Waals surface area contributed by atoms with Crippen molar-refractivity contribution in [2.24, 2.45) is 5.92 Å². The van der Waals surface area contributed by atoms with Crippen LogP contribution in [0.1, 0.15) is 36.3 Å². The highest BCUT2D eigenvalue weighted by Crippen LogP contribution is 2.24. The third-order valence-electron chi connectivity index (χ3n) is 4.75. The quantitative estimate of drug-likeness (QED) is 0.345. The number of nitro benzene ring substituents is 1. The summed E-state index contributed by atoms with van der Waals surface area (Å²) in [5, 5.41) is 22.0. The second kappa shape index (κ2) is 8.76. The molecule has 11 heteroatoms. The van der Waals surface area contributed by atoms with Crippen molar-refractivity contribution >= 4 is 11.6 Å². The fourth-order valence-electron chi connectivity index (χ4n) is 3.02. The molecule has 1 unspecified atom stereocenters. The minimum atomic E-state index is -0.518. The summed E-state index contributed by atoms with van der Waals surface area (Å²) in [4.78, 5) is 31.5. The van der Waals surface area contributed by atoms with Gasteiger partial charge < -0.3 is 9.84 Å². The molecule has 11 nitrogen and oxygen atoms in total. The predicted molar refractivity (Wildman–Crippen MR) is 113 cm³/mol. The molecule has 1 N–H and O–H groups in total. The molecule has 0 fully saturated rings. The van der Waals surface area contributed by atoms with E-state index >= 15 is 0 Å². The molecule has 3 aromatic heterocycles. The molecule has 0 saturated heterocycles. The highest BCUT2D eigenvalue weighted by atomic mass is 16.6. The molecule has 4 aromatic rings. The molecule has 0 saturated carbocycles. The topological polar surface area (TPSA) is 142 Å². The number of hydrogen-bond donors (Lipinski definition) is 1. The van der Waals surface area contributed by atoms with Crippen molar-refractivity contribution in [2.75, 3.05) is 0 Å². The number of hydrogen-bond acceptors (Lipinski definition) is 8. The van der Waals surface area contributed by atoms with Crippen molar-refractivity contribution in [2.45, 2.75) is 19.9 Å². The summed E-state index contributed by atoms with van der Waals surface area (Å²) in [6, 6.07) is 10.4. The molecular formula is C21H19N7O4. The summed E-state index contributed by atoms with van der Waals surface area (Å²) in [6.45, 7) is 3.85. The van der Waals surface area contributed by atoms with Crippen molar-refractivity contribution in [1.82, 2.24) is 30.2 Å². The first-order valence-corrected chi connectivity index (χ1v) is 9.77. The molecule has 1 amide bonds. The van der Waals surface area contributed by atoms with Gasteiger partial charge in [0.2, 0.25) is 11.7 Å². The van der Waals surface area contributed by atoms with E-state index in [-0.39, 0.29) is 23.2 Å². The van der Waals surface area contributed by atoms with Gasteiger partial charge in [-0.3, -0.25) is 19.9 Å². The van der Waals surface area contributed by atoms with Gasteiger partial charge in [0.1, 0.15) is 6.04 Å². The van der Waals surface area contributed by atoms with Gasteiger partial charge in [-0.05, 0) is 36.2 Å². The Morgan fingerprint density at radius 1 is 1.12 bits per heavy atom. The van der Waals surface area contributed by atoms with Gasteiger partial charge in [0.15, 0.2) is 5.69 Å². The largest absolute Gasteiger partial charge is 0.339 e. The lowest BCUT2D eigenvalue weighted by Crippen LogP contribution is -2.32. The lowest BCUT2D eigenvalue weighted by molar-refractivity contribution is -0.384. The number of non-ortho nitro benzene ring substituents is 1. The average Bonchev–Trinajstić information content (AvgIpc) is 3.48. The van der Waals surface area contributed by atoms with Crippen LogP contribution in [0.3, 0.4) is 0 Å². The van der Waals surface area contributed by atoms with Crippen molar-refractivity contribution in [3.63, 3.8) is 0 Å². The van der Waals surface area contributed by atoms with Crippen molar-refractivity contribution in [3.05, 3.63) is 82.8 Å². The molecule has 0 aliphatic heterocycles. The number of rotatable bonds is 7. The first kappa shape index (κ1) is 20.8. The van der Waals surface area contributed by atoms with Crippen LogP contribution < -0.4 is 5.32 Å². The SMILES string of the molecule is CC(C)C(NC(=O)c1ccn(-c2ccc([N+](=O)[O-])cc2)n1)c1nc(-c2ccncc2)no1. The first-order chi connectivity index (χ1) is 15.4. The standard InChI is InChI=1S/C21H19N7O4/c1-13(2)18(21-24-19(26-32-21)14-7-10-22-11-8-14)23-20(29)17-9-12-27(25-17)15-3-5-16(6-4-15)28(30)31/h3-13,18H,1-2H3,(H,23,29). The normalized spacial score (nSPS) is 12.0. The first-order valence-electron chi connectivity index (χ1n) is 9.77. The molecule has 3 heterocycles. The fraction of sp³-hybridized carbons (Fsp3) is 0.190. The maximum absolute atomic E-state index is 12.8. The van der Waals surface area contributed by atoms with Gasteiger partial charge >= 0.3 is 0 Å². The number of carbonyl (C=O) groups excluding carboxylic acids is 1. The molecule has 162 valence electrons. The maximum atomic E-state index is 12.8. The molecule has 1 atom stereocenters. The summed E-state index contributed by atoms with van der Waals surface area (Å²) >= 11 is 0. The number of carbonyl (C=O) groups is 1. The zero-order valence-corrected chi connectivity index (χ0v) is 17.2. The Kier molecular flexibility index (Phi) is 5.71. The van der Waals surface area contributed by atoms with Crippen LogP contribution in [0, 0.1) is 16.0 Å². The van der Waals surface area contributed by atoms with Gasteiger partial charge in [-0.2, -0.15) is 10.1 Å². The second-order valence-electron chi connectivity index (χ2n) is 7.31. The van der Waals surface area contributed by atoms with Crippen LogP contribution in [0.5, 0.6) is 0 Å². The van der Waals surface area contributed by atoms with Crippen LogP contribution in [-0.4, -0.2) is 35.7 Å². The fourth-order valence-corrected chi connectivity index (χ4v) is 3.02. The van der Waals surface area contributed by atoms with Gasteiger partial charge in [-0.1, -0.05) is 19.0 Å².